The quantitative estimate of drug-likeness (QED) is 0.761. The van der Waals surface area contributed by atoms with Crippen LogP contribution in [0.2, 0.25) is 5.15 Å². The van der Waals surface area contributed by atoms with Crippen LogP contribution >= 0.6 is 11.6 Å². The standard InChI is InChI=1S/C7H11ClN2O/c1-5(2)11-4-6-3-7(8)10-9-6/h3,5H,4H2,1-2H3,(H,9,10). The first kappa shape index (κ1) is 8.56. The molecule has 0 aromatic carbocycles. The molecule has 1 rings (SSSR count). The Labute approximate surface area is 70.7 Å². The summed E-state index contributed by atoms with van der Waals surface area (Å²) in [6.07, 6.45) is 0.227. The van der Waals surface area contributed by atoms with Gasteiger partial charge in [0.05, 0.1) is 18.4 Å². The van der Waals surface area contributed by atoms with Gasteiger partial charge in [-0.2, -0.15) is 5.10 Å². The van der Waals surface area contributed by atoms with E-state index >= 15 is 0 Å². The highest BCUT2D eigenvalue weighted by atomic mass is 35.5. The Morgan fingerprint density at radius 3 is 2.91 bits per heavy atom. The summed E-state index contributed by atoms with van der Waals surface area (Å²) in [5.74, 6) is 0. The lowest BCUT2D eigenvalue weighted by Crippen LogP contribution is -2.02. The van der Waals surface area contributed by atoms with Crippen LogP contribution in [0.5, 0.6) is 0 Å². The lowest BCUT2D eigenvalue weighted by molar-refractivity contribution is 0.0636. The first-order chi connectivity index (χ1) is 5.18. The minimum absolute atomic E-state index is 0.227. The van der Waals surface area contributed by atoms with Gasteiger partial charge in [-0.05, 0) is 13.8 Å². The van der Waals surface area contributed by atoms with E-state index in [4.69, 9.17) is 16.3 Å². The van der Waals surface area contributed by atoms with Gasteiger partial charge < -0.3 is 4.74 Å². The lowest BCUT2D eigenvalue weighted by atomic mass is 10.4. The molecule has 1 aromatic rings. The Kier molecular flexibility index (Phi) is 2.91. The van der Waals surface area contributed by atoms with Crippen molar-refractivity contribution in [3.63, 3.8) is 0 Å². The number of aromatic amines is 1. The summed E-state index contributed by atoms with van der Waals surface area (Å²) >= 11 is 5.60. The van der Waals surface area contributed by atoms with Crippen molar-refractivity contribution >= 4 is 11.6 Å². The van der Waals surface area contributed by atoms with E-state index in [1.165, 1.54) is 0 Å². The van der Waals surface area contributed by atoms with Crippen molar-refractivity contribution < 1.29 is 4.74 Å². The maximum absolute atomic E-state index is 5.60. The number of aromatic nitrogens is 2. The van der Waals surface area contributed by atoms with E-state index in [0.717, 1.165) is 5.69 Å². The molecular formula is C7H11ClN2O. The van der Waals surface area contributed by atoms with Crippen LogP contribution in [0.1, 0.15) is 19.5 Å². The molecule has 62 valence electrons. The fourth-order valence-electron chi connectivity index (χ4n) is 0.662. The van der Waals surface area contributed by atoms with Gasteiger partial charge in [-0.15, -0.1) is 0 Å². The molecule has 0 aliphatic rings. The second kappa shape index (κ2) is 3.74. The molecule has 1 N–H and O–H groups in total. The van der Waals surface area contributed by atoms with Crippen LogP contribution in [-0.2, 0) is 11.3 Å². The number of halogens is 1. The Balaban J connectivity index is 2.39. The van der Waals surface area contributed by atoms with Crippen LogP contribution < -0.4 is 0 Å². The maximum atomic E-state index is 5.60. The van der Waals surface area contributed by atoms with Gasteiger partial charge in [0.25, 0.3) is 0 Å². The molecule has 1 aromatic heterocycles. The van der Waals surface area contributed by atoms with E-state index in [1.54, 1.807) is 6.07 Å². The zero-order valence-electron chi connectivity index (χ0n) is 6.60. The molecule has 11 heavy (non-hydrogen) atoms. The molecule has 0 bridgehead atoms. The second-order valence-electron chi connectivity index (χ2n) is 2.57. The van der Waals surface area contributed by atoms with Gasteiger partial charge in [0, 0.05) is 6.07 Å². The van der Waals surface area contributed by atoms with Gasteiger partial charge >= 0.3 is 0 Å². The zero-order valence-corrected chi connectivity index (χ0v) is 7.35. The Morgan fingerprint density at radius 1 is 1.73 bits per heavy atom. The van der Waals surface area contributed by atoms with Crippen LogP contribution in [0.15, 0.2) is 6.07 Å². The van der Waals surface area contributed by atoms with Crippen molar-refractivity contribution in [1.29, 1.82) is 0 Å². The third-order valence-electron chi connectivity index (χ3n) is 1.16. The van der Waals surface area contributed by atoms with E-state index in [9.17, 15) is 0 Å². The fourth-order valence-corrected chi connectivity index (χ4v) is 0.830. The summed E-state index contributed by atoms with van der Waals surface area (Å²) < 4.78 is 5.30. The molecule has 3 nitrogen and oxygen atoms in total. The van der Waals surface area contributed by atoms with Gasteiger partial charge in [0.15, 0.2) is 0 Å². The average molecular weight is 175 g/mol. The first-order valence-corrected chi connectivity index (χ1v) is 3.87. The van der Waals surface area contributed by atoms with Crippen molar-refractivity contribution in [2.45, 2.75) is 26.6 Å². The smallest absolute Gasteiger partial charge is 0.124 e. The van der Waals surface area contributed by atoms with Gasteiger partial charge in [-0.25, -0.2) is 0 Å². The lowest BCUT2D eigenvalue weighted by Gasteiger charge is -2.03. The van der Waals surface area contributed by atoms with E-state index in [2.05, 4.69) is 10.2 Å². The summed E-state index contributed by atoms with van der Waals surface area (Å²) in [7, 11) is 0. The summed E-state index contributed by atoms with van der Waals surface area (Å²) in [6.45, 7) is 4.48. The molecule has 0 saturated carbocycles. The monoisotopic (exact) mass is 174 g/mol. The van der Waals surface area contributed by atoms with E-state index < -0.39 is 0 Å². The van der Waals surface area contributed by atoms with Crippen LogP contribution in [0.25, 0.3) is 0 Å². The van der Waals surface area contributed by atoms with Crippen LogP contribution in [0.4, 0.5) is 0 Å². The van der Waals surface area contributed by atoms with E-state index in [0.29, 0.717) is 11.8 Å². The Hall–Kier alpha value is -0.540. The Bertz CT molecular complexity index is 222. The van der Waals surface area contributed by atoms with Gasteiger partial charge in [-0.3, -0.25) is 5.10 Å². The van der Waals surface area contributed by atoms with Crippen LogP contribution in [0.3, 0.4) is 0 Å². The molecule has 0 unspecified atom stereocenters. The number of ether oxygens (including phenoxy) is 1. The van der Waals surface area contributed by atoms with Crippen molar-refractivity contribution in [3.05, 3.63) is 16.9 Å². The number of H-pyrrole nitrogens is 1. The molecule has 0 atom stereocenters. The number of hydrogen-bond acceptors (Lipinski definition) is 2. The highest BCUT2D eigenvalue weighted by molar-refractivity contribution is 6.29. The molecule has 4 heteroatoms. The zero-order chi connectivity index (χ0) is 8.27. The number of hydrogen-bond donors (Lipinski definition) is 1. The third kappa shape index (κ3) is 2.91. The normalized spacial score (nSPS) is 10.9. The van der Waals surface area contributed by atoms with Crippen molar-refractivity contribution in [3.8, 4) is 0 Å². The van der Waals surface area contributed by atoms with Crippen molar-refractivity contribution in [1.82, 2.24) is 10.2 Å². The molecule has 0 aliphatic heterocycles. The fraction of sp³-hybridized carbons (Fsp3) is 0.571. The minimum atomic E-state index is 0.227. The van der Waals surface area contributed by atoms with Gasteiger partial charge in [0.2, 0.25) is 0 Å². The van der Waals surface area contributed by atoms with E-state index in [1.807, 2.05) is 13.8 Å². The minimum Gasteiger partial charge on any atom is -0.372 e. The number of rotatable bonds is 3. The highest BCUT2D eigenvalue weighted by Crippen LogP contribution is 2.06. The molecule has 0 spiro atoms. The summed E-state index contributed by atoms with van der Waals surface area (Å²) in [4.78, 5) is 0. The SMILES string of the molecule is CC(C)OCc1cc(Cl)[nH]n1. The molecule has 1 heterocycles. The van der Waals surface area contributed by atoms with Crippen molar-refractivity contribution in [2.75, 3.05) is 0 Å². The molecular weight excluding hydrogens is 164 g/mol. The largest absolute Gasteiger partial charge is 0.372 e. The average Bonchev–Trinajstić information content (AvgIpc) is 2.31. The summed E-state index contributed by atoms with van der Waals surface area (Å²) in [6, 6.07) is 1.75. The summed E-state index contributed by atoms with van der Waals surface area (Å²) in [5.41, 5.74) is 0.837. The van der Waals surface area contributed by atoms with Gasteiger partial charge in [0.1, 0.15) is 5.15 Å². The predicted molar refractivity (Wildman–Crippen MR) is 43.5 cm³/mol. The molecule has 0 fully saturated rings. The number of nitrogens with one attached hydrogen (secondary N) is 1. The topological polar surface area (TPSA) is 37.9 Å². The third-order valence-corrected chi connectivity index (χ3v) is 1.36. The molecule has 0 aliphatic carbocycles. The maximum Gasteiger partial charge on any atom is 0.124 e. The van der Waals surface area contributed by atoms with Gasteiger partial charge in [-0.1, -0.05) is 11.6 Å². The number of nitrogens with zero attached hydrogens (tertiary/aromatic N) is 1. The first-order valence-electron chi connectivity index (χ1n) is 3.50. The van der Waals surface area contributed by atoms with E-state index in [-0.39, 0.29) is 6.10 Å². The highest BCUT2D eigenvalue weighted by Gasteiger charge is 1.99. The van der Waals surface area contributed by atoms with Crippen LogP contribution in [-0.4, -0.2) is 16.3 Å². The second-order valence-corrected chi connectivity index (χ2v) is 2.97. The Morgan fingerprint density at radius 2 is 2.45 bits per heavy atom. The predicted octanol–water partition coefficient (Wildman–Crippen LogP) is 1.99. The molecule has 0 amide bonds. The van der Waals surface area contributed by atoms with Crippen LogP contribution in [0, 0.1) is 0 Å². The summed E-state index contributed by atoms with van der Waals surface area (Å²) in [5, 5.41) is 7.08. The molecule has 0 radical (unpaired) electrons. The molecule has 0 saturated heterocycles. The van der Waals surface area contributed by atoms with Crippen molar-refractivity contribution in [2.24, 2.45) is 0 Å².